The van der Waals surface area contributed by atoms with Crippen LogP contribution in [-0.2, 0) is 11.2 Å². The molecular weight excluding hydrogens is 463 g/mol. The molecule has 2 aromatic heterocycles. The van der Waals surface area contributed by atoms with Gasteiger partial charge in [-0.2, -0.15) is 0 Å². The predicted octanol–water partition coefficient (Wildman–Crippen LogP) is 2.84. The van der Waals surface area contributed by atoms with Gasteiger partial charge in [-0.3, -0.25) is 14.4 Å². The van der Waals surface area contributed by atoms with Crippen LogP contribution in [0.1, 0.15) is 39.3 Å². The zero-order chi connectivity index (χ0) is 24.6. The SMILES string of the molecule is CN(C)C(=O)C(=O)c1[nH]cc2nc(Cl)c(C(=O)N3CCC(O)(Cc4ccc(F)cc4)CC3)cc12. The van der Waals surface area contributed by atoms with Crippen LogP contribution in [-0.4, -0.2) is 75.3 Å². The average molecular weight is 487 g/mol. The third-order valence-electron chi connectivity index (χ3n) is 6.11. The molecule has 4 rings (SSSR count). The first-order chi connectivity index (χ1) is 16.1. The lowest BCUT2D eigenvalue weighted by Crippen LogP contribution is -2.47. The summed E-state index contributed by atoms with van der Waals surface area (Å²) in [5.41, 5.74) is 0.332. The number of fused-ring (bicyclic) bond motifs is 1. The fourth-order valence-corrected chi connectivity index (χ4v) is 4.36. The van der Waals surface area contributed by atoms with Crippen molar-refractivity contribution >= 4 is 40.1 Å². The maximum atomic E-state index is 13.2. The smallest absolute Gasteiger partial charge is 0.296 e. The van der Waals surface area contributed by atoms with Crippen LogP contribution in [0.2, 0.25) is 5.15 Å². The number of ketones is 1. The van der Waals surface area contributed by atoms with Gasteiger partial charge in [0, 0.05) is 45.2 Å². The molecule has 0 bridgehead atoms. The van der Waals surface area contributed by atoms with E-state index in [-0.39, 0.29) is 28.1 Å². The van der Waals surface area contributed by atoms with Gasteiger partial charge >= 0.3 is 0 Å². The number of Topliss-reactive ketones (excluding diaryl/α,β-unsaturated/α-hetero) is 1. The number of nitrogens with one attached hydrogen (secondary N) is 1. The normalized spacial score (nSPS) is 15.4. The van der Waals surface area contributed by atoms with Gasteiger partial charge in [0.1, 0.15) is 16.7 Å². The van der Waals surface area contributed by atoms with E-state index in [9.17, 15) is 23.9 Å². The number of aliphatic hydroxyl groups is 1. The summed E-state index contributed by atoms with van der Waals surface area (Å²) >= 11 is 6.28. The number of likely N-dealkylation sites (N-methyl/N-ethyl adjacent to an activating group) is 1. The molecule has 2 N–H and O–H groups in total. The van der Waals surface area contributed by atoms with Crippen molar-refractivity contribution in [2.75, 3.05) is 27.2 Å². The van der Waals surface area contributed by atoms with E-state index in [0.717, 1.165) is 5.56 Å². The van der Waals surface area contributed by atoms with Crippen molar-refractivity contribution in [2.24, 2.45) is 0 Å². The van der Waals surface area contributed by atoms with Crippen LogP contribution < -0.4 is 0 Å². The summed E-state index contributed by atoms with van der Waals surface area (Å²) in [7, 11) is 2.95. The summed E-state index contributed by atoms with van der Waals surface area (Å²) in [5.74, 6) is -2.16. The number of piperidine rings is 1. The summed E-state index contributed by atoms with van der Waals surface area (Å²) < 4.78 is 13.2. The Bertz CT molecular complexity index is 1260. The second kappa shape index (κ2) is 9.15. The fourth-order valence-electron chi connectivity index (χ4n) is 4.14. The lowest BCUT2D eigenvalue weighted by molar-refractivity contribution is -0.124. The molecule has 0 radical (unpaired) electrons. The highest BCUT2D eigenvalue weighted by molar-refractivity contribution is 6.44. The van der Waals surface area contributed by atoms with E-state index >= 15 is 0 Å². The average Bonchev–Trinajstić information content (AvgIpc) is 3.21. The molecule has 1 aliphatic rings. The van der Waals surface area contributed by atoms with Crippen molar-refractivity contribution < 1.29 is 23.9 Å². The predicted molar refractivity (Wildman–Crippen MR) is 124 cm³/mol. The Morgan fingerprint density at radius 1 is 1.21 bits per heavy atom. The van der Waals surface area contributed by atoms with Gasteiger partial charge in [-0.05, 0) is 36.6 Å². The van der Waals surface area contributed by atoms with Crippen LogP contribution in [0.15, 0.2) is 36.5 Å². The third-order valence-corrected chi connectivity index (χ3v) is 6.40. The van der Waals surface area contributed by atoms with E-state index in [2.05, 4.69) is 9.97 Å². The fraction of sp³-hybridized carbons (Fsp3) is 0.333. The number of pyridine rings is 1. The quantitative estimate of drug-likeness (QED) is 0.327. The minimum atomic E-state index is -1.01. The van der Waals surface area contributed by atoms with E-state index in [1.165, 1.54) is 43.4 Å². The highest BCUT2D eigenvalue weighted by Gasteiger charge is 2.35. The molecule has 1 aromatic carbocycles. The number of carbonyl (C=O) groups is 3. The number of carbonyl (C=O) groups excluding carboxylic acids is 3. The number of benzene rings is 1. The molecule has 10 heteroatoms. The minimum absolute atomic E-state index is 0.0124. The molecule has 0 unspecified atom stereocenters. The molecule has 0 atom stereocenters. The summed E-state index contributed by atoms with van der Waals surface area (Å²) in [6.45, 7) is 0.589. The van der Waals surface area contributed by atoms with Crippen molar-refractivity contribution in [3.63, 3.8) is 0 Å². The Balaban J connectivity index is 1.52. The van der Waals surface area contributed by atoms with E-state index in [1.807, 2.05) is 0 Å². The van der Waals surface area contributed by atoms with Crippen LogP contribution >= 0.6 is 11.6 Å². The second-order valence-electron chi connectivity index (χ2n) is 8.77. The highest BCUT2D eigenvalue weighted by Crippen LogP contribution is 2.30. The Kier molecular flexibility index (Phi) is 6.42. The van der Waals surface area contributed by atoms with Gasteiger partial charge in [0.15, 0.2) is 0 Å². The number of likely N-dealkylation sites (tertiary alicyclic amines) is 1. The van der Waals surface area contributed by atoms with Crippen molar-refractivity contribution in [1.29, 1.82) is 0 Å². The number of hydrogen-bond donors (Lipinski definition) is 2. The zero-order valence-electron chi connectivity index (χ0n) is 18.8. The maximum Gasteiger partial charge on any atom is 0.296 e. The number of aromatic nitrogens is 2. The number of hydrogen-bond acceptors (Lipinski definition) is 5. The molecule has 0 saturated carbocycles. The first kappa shape index (κ1) is 23.8. The zero-order valence-corrected chi connectivity index (χ0v) is 19.5. The molecule has 8 nitrogen and oxygen atoms in total. The molecule has 0 aliphatic carbocycles. The summed E-state index contributed by atoms with van der Waals surface area (Å²) in [4.78, 5) is 47.6. The molecule has 2 amide bonds. The van der Waals surface area contributed by atoms with E-state index in [4.69, 9.17) is 11.6 Å². The Morgan fingerprint density at radius 2 is 1.85 bits per heavy atom. The highest BCUT2D eigenvalue weighted by atomic mass is 35.5. The Hall–Kier alpha value is -3.30. The summed E-state index contributed by atoms with van der Waals surface area (Å²) in [6.07, 6.45) is 2.50. The number of H-pyrrole nitrogens is 1. The maximum absolute atomic E-state index is 13.2. The number of amides is 2. The van der Waals surface area contributed by atoms with Gasteiger partial charge in [0.2, 0.25) is 0 Å². The minimum Gasteiger partial charge on any atom is -0.389 e. The molecule has 178 valence electrons. The standard InChI is InChI=1S/C24H24ClFN4O4/c1-29(2)23(33)20(31)19-16-11-17(21(25)28-18(16)13-27-19)22(32)30-9-7-24(34,8-10-30)12-14-3-5-15(26)6-4-14/h3-6,11,13,27,34H,7-10,12H2,1-2H3. The van der Waals surface area contributed by atoms with E-state index < -0.39 is 17.3 Å². The lowest BCUT2D eigenvalue weighted by atomic mass is 9.85. The van der Waals surface area contributed by atoms with Gasteiger partial charge in [-0.1, -0.05) is 23.7 Å². The monoisotopic (exact) mass is 486 g/mol. The summed E-state index contributed by atoms with van der Waals surface area (Å²) in [5, 5.41) is 11.3. The van der Waals surface area contributed by atoms with Gasteiger partial charge in [0.05, 0.1) is 16.7 Å². The van der Waals surface area contributed by atoms with Crippen LogP contribution in [0.3, 0.4) is 0 Å². The number of rotatable bonds is 5. The van der Waals surface area contributed by atoms with Crippen molar-refractivity contribution in [3.8, 4) is 0 Å². The topological polar surface area (TPSA) is 107 Å². The molecule has 3 heterocycles. The van der Waals surface area contributed by atoms with Crippen molar-refractivity contribution in [3.05, 3.63) is 64.3 Å². The molecule has 3 aromatic rings. The molecule has 1 aliphatic heterocycles. The first-order valence-corrected chi connectivity index (χ1v) is 11.2. The van der Waals surface area contributed by atoms with Gasteiger partial charge in [0.25, 0.3) is 17.6 Å². The second-order valence-corrected chi connectivity index (χ2v) is 9.13. The van der Waals surface area contributed by atoms with E-state index in [1.54, 1.807) is 17.0 Å². The number of halogens is 2. The Labute approximate surface area is 200 Å². The van der Waals surface area contributed by atoms with E-state index in [0.29, 0.717) is 43.3 Å². The van der Waals surface area contributed by atoms with Crippen molar-refractivity contribution in [1.82, 2.24) is 19.8 Å². The number of nitrogens with zero attached hydrogens (tertiary/aromatic N) is 3. The van der Waals surface area contributed by atoms with Gasteiger partial charge in [-0.15, -0.1) is 0 Å². The molecular formula is C24H24ClFN4O4. The van der Waals surface area contributed by atoms with Gasteiger partial charge < -0.3 is 19.9 Å². The van der Waals surface area contributed by atoms with Crippen LogP contribution in [0.25, 0.3) is 10.9 Å². The Morgan fingerprint density at radius 3 is 2.47 bits per heavy atom. The molecule has 0 spiro atoms. The van der Waals surface area contributed by atoms with Crippen LogP contribution in [0.4, 0.5) is 4.39 Å². The van der Waals surface area contributed by atoms with Crippen molar-refractivity contribution in [2.45, 2.75) is 24.9 Å². The first-order valence-electron chi connectivity index (χ1n) is 10.8. The molecule has 1 fully saturated rings. The molecule has 34 heavy (non-hydrogen) atoms. The summed E-state index contributed by atoms with van der Waals surface area (Å²) in [6, 6.07) is 7.47. The van der Waals surface area contributed by atoms with Crippen LogP contribution in [0, 0.1) is 5.82 Å². The third kappa shape index (κ3) is 4.67. The van der Waals surface area contributed by atoms with Gasteiger partial charge in [-0.25, -0.2) is 9.37 Å². The molecule has 1 saturated heterocycles. The number of aromatic amines is 1. The largest absolute Gasteiger partial charge is 0.389 e. The lowest BCUT2D eigenvalue weighted by Gasteiger charge is -2.38. The van der Waals surface area contributed by atoms with Crippen LogP contribution in [0.5, 0.6) is 0 Å².